The van der Waals surface area contributed by atoms with Gasteiger partial charge >= 0.3 is 0 Å². The van der Waals surface area contributed by atoms with Crippen LogP contribution in [0.1, 0.15) is 59.7 Å². The minimum Gasteiger partial charge on any atom is -0.390 e. The zero-order valence-corrected chi connectivity index (χ0v) is 20.6. The highest BCUT2D eigenvalue weighted by Gasteiger charge is 2.44. The van der Waals surface area contributed by atoms with Crippen molar-refractivity contribution in [2.75, 3.05) is 18.8 Å². The number of carbonyl (C=O) groups is 2. The predicted octanol–water partition coefficient (Wildman–Crippen LogP) is 4.71. The Hall–Kier alpha value is -2.15. The van der Waals surface area contributed by atoms with Crippen LogP contribution in [0, 0.1) is 11.8 Å². The van der Waals surface area contributed by atoms with Gasteiger partial charge in [0.15, 0.2) is 0 Å². The molecule has 2 aliphatic heterocycles. The largest absolute Gasteiger partial charge is 0.390 e. The molecule has 0 bridgehead atoms. The Morgan fingerprint density at radius 3 is 2.24 bits per heavy atom. The summed E-state index contributed by atoms with van der Waals surface area (Å²) in [6, 6.07) is 16.8. The Balaban J connectivity index is 1.36. The quantitative estimate of drug-likeness (QED) is 0.462. The van der Waals surface area contributed by atoms with Gasteiger partial charge in [-0.2, -0.15) is 0 Å². The van der Waals surface area contributed by atoms with E-state index in [1.807, 2.05) is 30.3 Å². The summed E-state index contributed by atoms with van der Waals surface area (Å²) in [7, 11) is 0. The van der Waals surface area contributed by atoms with Gasteiger partial charge in [-0.1, -0.05) is 49.6 Å². The van der Waals surface area contributed by atoms with Crippen molar-refractivity contribution < 1.29 is 14.7 Å². The molecule has 2 amide bonds. The van der Waals surface area contributed by atoms with E-state index >= 15 is 0 Å². The Morgan fingerprint density at radius 1 is 0.941 bits per heavy atom. The number of nitrogens with zero attached hydrogens (tertiary/aromatic N) is 2. The van der Waals surface area contributed by atoms with Gasteiger partial charge in [0.2, 0.25) is 0 Å². The fourth-order valence-electron chi connectivity index (χ4n) is 6.09. The van der Waals surface area contributed by atoms with E-state index in [1.165, 1.54) is 37.0 Å². The number of imide groups is 1. The van der Waals surface area contributed by atoms with E-state index in [0.717, 1.165) is 17.4 Å². The SMILES string of the molecule is C[C@@H]1CC2CCCCC2CN1CC(O)[C@H](CSc1ccccc1)N1C(=O)c2ccccc2C1=O. The second-order valence-corrected chi connectivity index (χ2v) is 11.2. The number of piperidine rings is 1. The minimum absolute atomic E-state index is 0.294. The predicted molar refractivity (Wildman–Crippen MR) is 135 cm³/mol. The van der Waals surface area contributed by atoms with Crippen LogP contribution in [0.4, 0.5) is 0 Å². The van der Waals surface area contributed by atoms with E-state index in [9.17, 15) is 14.7 Å². The third kappa shape index (κ3) is 4.68. The number of β-amino-alcohol motifs (C(OH)–C–C–N with tert-alkyl or cyclic N) is 1. The lowest BCUT2D eigenvalue weighted by molar-refractivity contribution is -0.00785. The number of carbonyl (C=O) groups excluding carboxylic acids is 2. The lowest BCUT2D eigenvalue weighted by Gasteiger charge is -2.46. The van der Waals surface area contributed by atoms with Crippen molar-refractivity contribution in [3.05, 3.63) is 65.7 Å². The van der Waals surface area contributed by atoms with E-state index in [4.69, 9.17) is 0 Å². The maximum Gasteiger partial charge on any atom is 0.261 e. The highest BCUT2D eigenvalue weighted by molar-refractivity contribution is 7.99. The van der Waals surface area contributed by atoms with Crippen LogP contribution < -0.4 is 0 Å². The maximum absolute atomic E-state index is 13.3. The second-order valence-electron chi connectivity index (χ2n) is 10.1. The van der Waals surface area contributed by atoms with Crippen LogP contribution in [0.5, 0.6) is 0 Å². The van der Waals surface area contributed by atoms with Crippen LogP contribution >= 0.6 is 11.8 Å². The number of rotatable bonds is 7. The van der Waals surface area contributed by atoms with E-state index in [0.29, 0.717) is 35.4 Å². The molecule has 0 spiro atoms. The van der Waals surface area contributed by atoms with Crippen LogP contribution in [0.25, 0.3) is 0 Å². The topological polar surface area (TPSA) is 60.9 Å². The van der Waals surface area contributed by atoms with Gasteiger partial charge in [-0.25, -0.2) is 0 Å². The van der Waals surface area contributed by atoms with Crippen LogP contribution in [0.15, 0.2) is 59.5 Å². The van der Waals surface area contributed by atoms with Crippen molar-refractivity contribution in [2.45, 2.75) is 62.1 Å². The molecule has 6 heteroatoms. The van der Waals surface area contributed by atoms with Crippen LogP contribution in [0.2, 0.25) is 0 Å². The number of fused-ring (bicyclic) bond motifs is 2. The molecule has 5 atom stereocenters. The highest BCUT2D eigenvalue weighted by atomic mass is 32.2. The summed E-state index contributed by atoms with van der Waals surface area (Å²) in [5.74, 6) is 1.38. The van der Waals surface area contributed by atoms with Crippen molar-refractivity contribution in [1.82, 2.24) is 9.80 Å². The van der Waals surface area contributed by atoms with Crippen molar-refractivity contribution >= 4 is 23.6 Å². The lowest BCUT2D eigenvalue weighted by Crippen LogP contribution is -2.55. The molecule has 1 saturated carbocycles. The average molecular weight is 479 g/mol. The summed E-state index contributed by atoms with van der Waals surface area (Å²) < 4.78 is 0. The first-order valence-corrected chi connectivity index (χ1v) is 13.6. The minimum atomic E-state index is -0.805. The zero-order chi connectivity index (χ0) is 23.7. The Bertz CT molecular complexity index is 994. The molecule has 180 valence electrons. The number of benzene rings is 2. The molecular weight excluding hydrogens is 444 g/mol. The molecule has 34 heavy (non-hydrogen) atoms. The van der Waals surface area contributed by atoms with Gasteiger partial charge in [0.25, 0.3) is 11.8 Å². The molecule has 3 aliphatic rings. The first-order chi connectivity index (χ1) is 16.5. The van der Waals surface area contributed by atoms with Crippen LogP contribution in [-0.2, 0) is 0 Å². The van der Waals surface area contributed by atoms with Gasteiger partial charge in [-0.3, -0.25) is 19.4 Å². The monoisotopic (exact) mass is 478 g/mol. The fraction of sp³-hybridized carbons (Fsp3) is 0.500. The fourth-order valence-corrected chi connectivity index (χ4v) is 7.17. The normalized spacial score (nSPS) is 26.8. The number of thioether (sulfide) groups is 1. The number of likely N-dealkylation sites (tertiary alicyclic amines) is 1. The van der Waals surface area contributed by atoms with Crippen LogP contribution in [0.3, 0.4) is 0 Å². The van der Waals surface area contributed by atoms with E-state index in [2.05, 4.69) is 11.8 Å². The summed E-state index contributed by atoms with van der Waals surface area (Å²) in [5, 5.41) is 11.5. The van der Waals surface area contributed by atoms with Crippen molar-refractivity contribution in [1.29, 1.82) is 0 Å². The van der Waals surface area contributed by atoms with Gasteiger partial charge in [-0.05, 0) is 55.9 Å². The molecule has 3 unspecified atom stereocenters. The molecule has 0 radical (unpaired) electrons. The Kier molecular flexibility index (Phi) is 7.09. The third-order valence-electron chi connectivity index (χ3n) is 7.99. The van der Waals surface area contributed by atoms with E-state index in [1.54, 1.807) is 36.0 Å². The van der Waals surface area contributed by atoms with Gasteiger partial charge in [0, 0.05) is 29.8 Å². The third-order valence-corrected chi connectivity index (χ3v) is 9.10. The van der Waals surface area contributed by atoms with E-state index < -0.39 is 12.1 Å². The van der Waals surface area contributed by atoms with Gasteiger partial charge in [0.1, 0.15) is 0 Å². The standard InChI is InChI=1S/C28H34N2O3S/c1-19-15-20-9-5-6-10-21(20)16-29(19)17-26(31)25(18-34-22-11-3-2-4-12-22)30-27(32)23-13-7-8-14-24(23)28(30)33/h2-4,7-8,11-14,19-21,25-26,31H,5-6,9-10,15-18H2,1H3/t19-,20?,21?,25+,26?/m1/s1. The molecule has 2 fully saturated rings. The molecule has 5 nitrogen and oxygen atoms in total. The van der Waals surface area contributed by atoms with Gasteiger partial charge in [0.05, 0.1) is 23.3 Å². The summed E-state index contributed by atoms with van der Waals surface area (Å²) in [6.07, 6.45) is 5.62. The Labute approximate surface area is 206 Å². The maximum atomic E-state index is 13.3. The molecule has 5 rings (SSSR count). The summed E-state index contributed by atoms with van der Waals surface area (Å²) in [5.41, 5.74) is 0.872. The molecule has 1 aliphatic carbocycles. The molecule has 1 N–H and O–H groups in total. The molecule has 0 aromatic heterocycles. The molecule has 2 heterocycles. The smallest absolute Gasteiger partial charge is 0.261 e. The van der Waals surface area contributed by atoms with Crippen molar-refractivity contribution in [3.8, 4) is 0 Å². The van der Waals surface area contributed by atoms with Gasteiger partial charge < -0.3 is 5.11 Å². The summed E-state index contributed by atoms with van der Waals surface area (Å²) in [4.78, 5) is 31.3. The average Bonchev–Trinajstić information content (AvgIpc) is 3.11. The van der Waals surface area contributed by atoms with Gasteiger partial charge in [-0.15, -0.1) is 11.8 Å². The van der Waals surface area contributed by atoms with E-state index in [-0.39, 0.29) is 11.8 Å². The summed E-state index contributed by atoms with van der Waals surface area (Å²) in [6.45, 7) is 3.74. The van der Waals surface area contributed by atoms with Crippen LogP contribution in [-0.4, -0.2) is 63.8 Å². The molecule has 1 saturated heterocycles. The number of hydrogen-bond acceptors (Lipinski definition) is 5. The first kappa shape index (κ1) is 23.6. The first-order valence-electron chi connectivity index (χ1n) is 12.6. The molecular formula is C28H34N2O3S. The second kappa shape index (κ2) is 10.2. The number of aliphatic hydroxyl groups excluding tert-OH is 1. The number of amides is 2. The Morgan fingerprint density at radius 2 is 1.56 bits per heavy atom. The molecule has 2 aromatic carbocycles. The number of hydrogen-bond donors (Lipinski definition) is 1. The van der Waals surface area contributed by atoms with Crippen molar-refractivity contribution in [3.63, 3.8) is 0 Å². The highest BCUT2D eigenvalue weighted by Crippen LogP contribution is 2.39. The number of aliphatic hydroxyl groups is 1. The van der Waals surface area contributed by atoms with Crippen molar-refractivity contribution in [2.24, 2.45) is 11.8 Å². The molecule has 2 aromatic rings. The summed E-state index contributed by atoms with van der Waals surface area (Å²) >= 11 is 1.58. The zero-order valence-electron chi connectivity index (χ0n) is 19.8. The lowest BCUT2D eigenvalue weighted by atomic mass is 9.73.